The number of hydrogen-bond acceptors (Lipinski definition) is 4. The quantitative estimate of drug-likeness (QED) is 0.542. The van der Waals surface area contributed by atoms with Gasteiger partial charge in [-0.2, -0.15) is 0 Å². The van der Waals surface area contributed by atoms with Crippen molar-refractivity contribution in [3.63, 3.8) is 0 Å². The Morgan fingerprint density at radius 3 is 2.22 bits per heavy atom. The Bertz CT molecular complexity index is 1120. The third kappa shape index (κ3) is 1.97. The van der Waals surface area contributed by atoms with Gasteiger partial charge in [-0.3, -0.25) is 4.79 Å². The molecule has 0 bridgehead atoms. The Morgan fingerprint density at radius 1 is 0.826 bits per heavy atom. The molecule has 0 aliphatic heterocycles. The molecule has 0 fully saturated rings. The van der Waals surface area contributed by atoms with Crippen molar-refractivity contribution in [3.05, 3.63) is 71.0 Å². The number of fused-ring (bicyclic) bond motifs is 2. The SMILES string of the molecule is O=c1c2c(F)cccc2ncn1-c1ncnc2cccc(F)c12. The summed E-state index contributed by atoms with van der Waals surface area (Å²) < 4.78 is 29.2. The maximum atomic E-state index is 14.2. The van der Waals surface area contributed by atoms with Gasteiger partial charge in [-0.15, -0.1) is 0 Å². The highest BCUT2D eigenvalue weighted by atomic mass is 19.1. The number of halogens is 2. The molecule has 0 amide bonds. The predicted molar refractivity (Wildman–Crippen MR) is 80.4 cm³/mol. The minimum absolute atomic E-state index is 0.0238. The minimum atomic E-state index is -0.687. The molecule has 23 heavy (non-hydrogen) atoms. The minimum Gasteiger partial charge on any atom is -0.268 e. The van der Waals surface area contributed by atoms with Crippen LogP contribution in [0.4, 0.5) is 8.78 Å². The zero-order valence-corrected chi connectivity index (χ0v) is 11.6. The molecule has 0 saturated heterocycles. The van der Waals surface area contributed by atoms with Crippen LogP contribution in [-0.2, 0) is 0 Å². The van der Waals surface area contributed by atoms with Gasteiger partial charge in [0.25, 0.3) is 5.56 Å². The lowest BCUT2D eigenvalue weighted by Gasteiger charge is -2.09. The van der Waals surface area contributed by atoms with Crippen LogP contribution in [-0.4, -0.2) is 19.5 Å². The molecule has 2 aromatic heterocycles. The van der Waals surface area contributed by atoms with Crippen molar-refractivity contribution in [1.29, 1.82) is 0 Å². The maximum Gasteiger partial charge on any atom is 0.269 e. The summed E-state index contributed by atoms with van der Waals surface area (Å²) in [7, 11) is 0. The van der Waals surface area contributed by atoms with E-state index in [0.717, 1.165) is 4.57 Å². The first-order chi connectivity index (χ1) is 11.2. The van der Waals surface area contributed by atoms with E-state index in [1.807, 2.05) is 0 Å². The fraction of sp³-hybridized carbons (Fsp3) is 0. The largest absolute Gasteiger partial charge is 0.269 e. The molecule has 0 saturated carbocycles. The fourth-order valence-electron chi connectivity index (χ4n) is 2.51. The zero-order chi connectivity index (χ0) is 16.0. The molecule has 0 N–H and O–H groups in total. The summed E-state index contributed by atoms with van der Waals surface area (Å²) in [6.45, 7) is 0. The lowest BCUT2D eigenvalue weighted by atomic mass is 10.2. The molecule has 5 nitrogen and oxygen atoms in total. The Labute approximate surface area is 127 Å². The summed E-state index contributed by atoms with van der Waals surface area (Å²) in [4.78, 5) is 24.6. The van der Waals surface area contributed by atoms with Crippen LogP contribution < -0.4 is 5.56 Å². The molecule has 2 aromatic carbocycles. The molecule has 0 unspecified atom stereocenters. The normalized spacial score (nSPS) is 11.2. The average Bonchev–Trinajstić information content (AvgIpc) is 2.55. The lowest BCUT2D eigenvalue weighted by Crippen LogP contribution is -2.21. The highest BCUT2D eigenvalue weighted by Crippen LogP contribution is 2.21. The fourth-order valence-corrected chi connectivity index (χ4v) is 2.51. The van der Waals surface area contributed by atoms with Crippen LogP contribution in [0.25, 0.3) is 27.6 Å². The van der Waals surface area contributed by atoms with Crippen LogP contribution in [0, 0.1) is 11.6 Å². The Hall–Kier alpha value is -3.22. The second-order valence-electron chi connectivity index (χ2n) is 4.88. The van der Waals surface area contributed by atoms with Crippen LogP contribution in [0.2, 0.25) is 0 Å². The lowest BCUT2D eigenvalue weighted by molar-refractivity contribution is 0.636. The van der Waals surface area contributed by atoms with Gasteiger partial charge in [0.05, 0.1) is 16.4 Å². The second-order valence-corrected chi connectivity index (χ2v) is 4.88. The number of benzene rings is 2. The van der Waals surface area contributed by atoms with E-state index in [9.17, 15) is 13.6 Å². The third-order valence-corrected chi connectivity index (χ3v) is 3.56. The molecule has 0 aliphatic rings. The van der Waals surface area contributed by atoms with E-state index in [1.54, 1.807) is 6.07 Å². The molecule has 112 valence electrons. The smallest absolute Gasteiger partial charge is 0.268 e. The van der Waals surface area contributed by atoms with Gasteiger partial charge in [0.1, 0.15) is 29.7 Å². The molecule has 4 rings (SSSR count). The van der Waals surface area contributed by atoms with E-state index < -0.39 is 17.2 Å². The van der Waals surface area contributed by atoms with Crippen molar-refractivity contribution in [2.45, 2.75) is 0 Å². The van der Waals surface area contributed by atoms with Crippen LogP contribution >= 0.6 is 0 Å². The molecule has 4 aromatic rings. The summed E-state index contributed by atoms with van der Waals surface area (Å²) in [6, 6.07) is 8.53. The van der Waals surface area contributed by atoms with Crippen LogP contribution in [0.1, 0.15) is 0 Å². The van der Waals surface area contributed by atoms with Crippen molar-refractivity contribution < 1.29 is 8.78 Å². The summed E-state index contributed by atoms with van der Waals surface area (Å²) in [5, 5.41) is -0.0901. The van der Waals surface area contributed by atoms with Crippen molar-refractivity contribution in [1.82, 2.24) is 19.5 Å². The molecule has 7 heteroatoms. The van der Waals surface area contributed by atoms with Crippen molar-refractivity contribution in [2.75, 3.05) is 0 Å². The van der Waals surface area contributed by atoms with Crippen molar-refractivity contribution >= 4 is 21.8 Å². The monoisotopic (exact) mass is 310 g/mol. The van der Waals surface area contributed by atoms with Gasteiger partial charge < -0.3 is 0 Å². The van der Waals surface area contributed by atoms with Gasteiger partial charge in [-0.1, -0.05) is 12.1 Å². The zero-order valence-electron chi connectivity index (χ0n) is 11.6. The van der Waals surface area contributed by atoms with Crippen molar-refractivity contribution in [2.24, 2.45) is 0 Å². The first-order valence-corrected chi connectivity index (χ1v) is 6.72. The first-order valence-electron chi connectivity index (χ1n) is 6.72. The molecule has 0 atom stereocenters. The predicted octanol–water partition coefficient (Wildman–Crippen LogP) is 2.61. The van der Waals surface area contributed by atoms with E-state index in [0.29, 0.717) is 5.52 Å². The van der Waals surface area contributed by atoms with Gasteiger partial charge >= 0.3 is 0 Å². The van der Waals surface area contributed by atoms with E-state index >= 15 is 0 Å². The first kappa shape index (κ1) is 13.4. The molecule has 0 aliphatic carbocycles. The van der Waals surface area contributed by atoms with Crippen molar-refractivity contribution in [3.8, 4) is 5.82 Å². The summed E-state index contributed by atoms with van der Waals surface area (Å²) in [6.07, 6.45) is 2.42. The Kier molecular flexibility index (Phi) is 2.87. The highest BCUT2D eigenvalue weighted by Gasteiger charge is 2.15. The Morgan fingerprint density at radius 2 is 1.48 bits per heavy atom. The van der Waals surface area contributed by atoms with Gasteiger partial charge in [0.2, 0.25) is 0 Å². The molecule has 0 radical (unpaired) electrons. The standard InChI is InChI=1S/C16H8F2N4O/c17-9-3-1-5-11-13(9)15(20-7-19-11)22-8-21-12-6-2-4-10(18)14(12)16(22)23/h1-8H. The summed E-state index contributed by atoms with van der Waals surface area (Å²) in [5.41, 5.74) is -0.0861. The number of nitrogens with zero attached hydrogens (tertiary/aromatic N) is 4. The van der Waals surface area contributed by atoms with Gasteiger partial charge in [0, 0.05) is 0 Å². The topological polar surface area (TPSA) is 60.7 Å². The maximum absolute atomic E-state index is 14.2. The van der Waals surface area contributed by atoms with E-state index in [4.69, 9.17) is 0 Å². The number of hydrogen-bond donors (Lipinski definition) is 0. The summed E-state index contributed by atoms with van der Waals surface area (Å²) in [5.74, 6) is -1.23. The molecular weight excluding hydrogens is 302 g/mol. The number of aromatic nitrogens is 4. The van der Waals surface area contributed by atoms with Crippen LogP contribution in [0.5, 0.6) is 0 Å². The molecule has 0 spiro atoms. The van der Waals surface area contributed by atoms with Gasteiger partial charge in [-0.25, -0.2) is 28.3 Å². The van der Waals surface area contributed by atoms with Gasteiger partial charge in [0.15, 0.2) is 5.82 Å². The van der Waals surface area contributed by atoms with E-state index in [2.05, 4.69) is 15.0 Å². The molecule has 2 heterocycles. The number of rotatable bonds is 1. The highest BCUT2D eigenvalue weighted by molar-refractivity contribution is 5.86. The third-order valence-electron chi connectivity index (χ3n) is 3.56. The van der Waals surface area contributed by atoms with Crippen LogP contribution in [0.15, 0.2) is 53.8 Å². The second kappa shape index (κ2) is 4.91. The van der Waals surface area contributed by atoms with Crippen LogP contribution in [0.3, 0.4) is 0 Å². The van der Waals surface area contributed by atoms with Gasteiger partial charge in [-0.05, 0) is 24.3 Å². The van der Waals surface area contributed by atoms with E-state index in [-0.39, 0.29) is 22.1 Å². The summed E-state index contributed by atoms with van der Waals surface area (Å²) >= 11 is 0. The Balaban J connectivity index is 2.14. The average molecular weight is 310 g/mol. The molecular formula is C16H8F2N4O. The van der Waals surface area contributed by atoms with E-state index in [1.165, 1.54) is 43.0 Å².